The van der Waals surface area contributed by atoms with E-state index < -0.39 is 5.79 Å². The first-order valence-corrected chi connectivity index (χ1v) is 10.5. The van der Waals surface area contributed by atoms with Crippen LogP contribution in [-0.4, -0.2) is 60.5 Å². The first-order chi connectivity index (χ1) is 14.4. The molecule has 2 aromatic rings. The van der Waals surface area contributed by atoms with Gasteiger partial charge in [-0.25, -0.2) is 0 Å². The smallest absolute Gasteiger partial charge is 0.302 e. The summed E-state index contributed by atoms with van der Waals surface area (Å²) < 4.78 is 17.3. The number of esters is 1. The summed E-state index contributed by atoms with van der Waals surface area (Å²) in [4.78, 5) is 30.2. The van der Waals surface area contributed by atoms with Crippen LogP contribution < -0.4 is 0 Å². The van der Waals surface area contributed by atoms with Crippen LogP contribution in [0, 0.1) is 11.8 Å². The number of piperidine rings is 2. The number of carbonyl (C=O) groups excluding carboxylic acids is 2. The monoisotopic (exact) mass is 414 g/mol. The van der Waals surface area contributed by atoms with E-state index >= 15 is 0 Å². The number of para-hydroxylation sites is 1. The van der Waals surface area contributed by atoms with Crippen molar-refractivity contribution in [2.75, 3.05) is 20.8 Å². The van der Waals surface area contributed by atoms with Crippen molar-refractivity contribution >= 4 is 22.8 Å². The number of methoxy groups -OCH3 is 2. The molecule has 2 aliphatic heterocycles. The Morgan fingerprint density at radius 3 is 2.70 bits per heavy atom. The molecule has 2 saturated heterocycles. The van der Waals surface area contributed by atoms with Crippen molar-refractivity contribution in [3.63, 3.8) is 0 Å². The molecule has 30 heavy (non-hydrogen) atoms. The molecule has 1 saturated carbocycles. The van der Waals surface area contributed by atoms with Crippen molar-refractivity contribution in [3.05, 3.63) is 36.0 Å². The Morgan fingerprint density at radius 1 is 1.27 bits per heavy atom. The highest BCUT2D eigenvalue weighted by Crippen LogP contribution is 2.48. The fourth-order valence-corrected chi connectivity index (χ4v) is 5.53. The molecule has 0 spiro atoms. The van der Waals surface area contributed by atoms with Crippen molar-refractivity contribution in [2.24, 2.45) is 11.8 Å². The van der Waals surface area contributed by atoms with E-state index in [9.17, 15) is 9.59 Å². The first kappa shape index (κ1) is 20.9. The minimum Gasteiger partial charge on any atom is -0.462 e. The molecule has 3 fully saturated rings. The number of nitrogens with zero attached hydrogens (tertiary/aromatic N) is 1. The van der Waals surface area contributed by atoms with Crippen LogP contribution in [-0.2, 0) is 30.2 Å². The second-order valence-electron chi connectivity index (χ2n) is 8.53. The molecule has 0 unspecified atom stereocenters. The van der Waals surface area contributed by atoms with Gasteiger partial charge in [0.1, 0.15) is 6.10 Å². The second kappa shape index (κ2) is 8.04. The third-order valence-corrected chi connectivity index (χ3v) is 6.81. The number of fused-ring (bicyclic) bond motifs is 4. The minimum atomic E-state index is -0.893. The van der Waals surface area contributed by atoms with E-state index in [0.29, 0.717) is 13.0 Å². The molecule has 0 radical (unpaired) electrons. The lowest BCUT2D eigenvalue weighted by Gasteiger charge is -2.59. The van der Waals surface area contributed by atoms with Gasteiger partial charge in [0, 0.05) is 57.1 Å². The Morgan fingerprint density at radius 2 is 2.00 bits per heavy atom. The quantitative estimate of drug-likeness (QED) is 0.581. The van der Waals surface area contributed by atoms with E-state index in [2.05, 4.69) is 4.98 Å². The van der Waals surface area contributed by atoms with Gasteiger partial charge >= 0.3 is 5.97 Å². The zero-order chi connectivity index (χ0) is 21.5. The number of aromatic nitrogens is 1. The molecule has 7 heteroatoms. The summed E-state index contributed by atoms with van der Waals surface area (Å²) >= 11 is 0. The molecule has 1 N–H and O–H groups in total. The number of ether oxygens (including phenoxy) is 3. The van der Waals surface area contributed by atoms with E-state index in [4.69, 9.17) is 14.2 Å². The lowest BCUT2D eigenvalue weighted by Crippen LogP contribution is -2.70. The third-order valence-electron chi connectivity index (χ3n) is 6.81. The van der Waals surface area contributed by atoms with E-state index in [1.165, 1.54) is 6.92 Å². The Hall–Kier alpha value is -2.38. The SMILES string of the molecule is COC1(OC)C[C@H]2C[C@H]([C@@H](C)OC(C)=O)[C@@H]1N(C(=O)Cc1c[nH]c3ccccc13)C2. The zero-order valence-electron chi connectivity index (χ0n) is 18.0. The van der Waals surface area contributed by atoms with Crippen LogP contribution in [0.4, 0.5) is 0 Å². The highest BCUT2D eigenvalue weighted by Gasteiger charge is 2.59. The average Bonchev–Trinajstić information content (AvgIpc) is 3.15. The van der Waals surface area contributed by atoms with Crippen LogP contribution in [0.3, 0.4) is 0 Å². The van der Waals surface area contributed by atoms with E-state index in [1.54, 1.807) is 14.2 Å². The van der Waals surface area contributed by atoms with E-state index in [-0.39, 0.29) is 35.9 Å². The molecule has 162 valence electrons. The number of aromatic amines is 1. The summed E-state index contributed by atoms with van der Waals surface area (Å²) in [6, 6.07) is 7.66. The van der Waals surface area contributed by atoms with Gasteiger partial charge in [-0.2, -0.15) is 0 Å². The van der Waals surface area contributed by atoms with E-state index in [1.807, 2.05) is 42.3 Å². The van der Waals surface area contributed by atoms with Crippen LogP contribution in [0.2, 0.25) is 0 Å². The third kappa shape index (κ3) is 3.50. The predicted octanol–water partition coefficient (Wildman–Crippen LogP) is 2.89. The van der Waals surface area contributed by atoms with Crippen LogP contribution in [0.15, 0.2) is 30.5 Å². The van der Waals surface area contributed by atoms with Crippen LogP contribution in [0.25, 0.3) is 10.9 Å². The van der Waals surface area contributed by atoms with Gasteiger partial charge in [0.05, 0.1) is 12.5 Å². The molecular weight excluding hydrogens is 384 g/mol. The first-order valence-electron chi connectivity index (χ1n) is 10.5. The topological polar surface area (TPSA) is 80.9 Å². The molecule has 5 rings (SSSR count). The molecule has 7 nitrogen and oxygen atoms in total. The average molecular weight is 415 g/mol. The van der Waals surface area contributed by atoms with Crippen LogP contribution in [0.1, 0.15) is 32.3 Å². The summed E-state index contributed by atoms with van der Waals surface area (Å²) in [6.07, 6.45) is 3.48. The van der Waals surface area contributed by atoms with Crippen molar-refractivity contribution in [1.29, 1.82) is 0 Å². The number of H-pyrrole nitrogens is 1. The van der Waals surface area contributed by atoms with Crippen LogP contribution in [0.5, 0.6) is 0 Å². The summed E-state index contributed by atoms with van der Waals surface area (Å²) in [5.74, 6) is -0.998. The standard InChI is InChI=1S/C23H30N2O5/c1-14(30-15(2)26)19-9-16-11-23(28-3,29-4)22(19)25(13-16)21(27)10-17-12-24-20-8-6-5-7-18(17)20/h5-8,12,14,16,19,22,24H,9-11,13H2,1-4H3/t14-,16-,19-,22+/m1/s1. The van der Waals surface area contributed by atoms with Crippen molar-refractivity contribution in [3.8, 4) is 0 Å². The predicted molar refractivity (Wildman–Crippen MR) is 112 cm³/mol. The summed E-state index contributed by atoms with van der Waals surface area (Å²) in [6.45, 7) is 3.98. The normalized spacial score (nSPS) is 26.0. The van der Waals surface area contributed by atoms with Gasteiger partial charge < -0.3 is 24.1 Å². The Kier molecular flexibility index (Phi) is 5.59. The molecule has 4 atom stereocenters. The fraction of sp³-hybridized carbons (Fsp3) is 0.565. The van der Waals surface area contributed by atoms with Crippen molar-refractivity contribution in [2.45, 2.75) is 51.0 Å². The van der Waals surface area contributed by atoms with Crippen molar-refractivity contribution in [1.82, 2.24) is 9.88 Å². The number of amides is 1. The number of nitrogens with one attached hydrogen (secondary N) is 1. The fourth-order valence-electron chi connectivity index (χ4n) is 5.53. The highest BCUT2D eigenvalue weighted by atomic mass is 16.7. The van der Waals surface area contributed by atoms with Gasteiger partial charge in [-0.05, 0) is 30.9 Å². The van der Waals surface area contributed by atoms with Gasteiger partial charge in [0.2, 0.25) is 5.91 Å². The van der Waals surface area contributed by atoms with Gasteiger partial charge in [-0.3, -0.25) is 9.59 Å². The number of carbonyl (C=O) groups is 2. The van der Waals surface area contributed by atoms with Crippen LogP contribution >= 0.6 is 0 Å². The molecule has 3 aliphatic rings. The Balaban J connectivity index is 1.64. The summed E-state index contributed by atoms with van der Waals surface area (Å²) in [5, 5.41) is 1.06. The summed E-state index contributed by atoms with van der Waals surface area (Å²) in [7, 11) is 3.25. The maximum Gasteiger partial charge on any atom is 0.302 e. The van der Waals surface area contributed by atoms with Gasteiger partial charge in [0.15, 0.2) is 5.79 Å². The second-order valence-corrected chi connectivity index (χ2v) is 8.53. The molecule has 1 aromatic heterocycles. The lowest BCUT2D eigenvalue weighted by atomic mass is 9.67. The Labute approximate surface area is 176 Å². The molecule has 3 heterocycles. The molecule has 1 aromatic carbocycles. The zero-order valence-corrected chi connectivity index (χ0v) is 18.0. The number of hydrogen-bond acceptors (Lipinski definition) is 5. The van der Waals surface area contributed by atoms with Crippen molar-refractivity contribution < 1.29 is 23.8 Å². The summed E-state index contributed by atoms with van der Waals surface area (Å²) in [5.41, 5.74) is 1.99. The highest BCUT2D eigenvalue weighted by molar-refractivity contribution is 5.89. The number of hydrogen-bond donors (Lipinski definition) is 1. The maximum atomic E-state index is 13.5. The Bertz CT molecular complexity index is 935. The van der Waals surface area contributed by atoms with E-state index in [0.717, 1.165) is 29.3 Å². The number of rotatable bonds is 6. The molecular formula is C23H30N2O5. The number of benzene rings is 1. The van der Waals surface area contributed by atoms with Gasteiger partial charge in [0.25, 0.3) is 0 Å². The molecule has 1 amide bonds. The lowest BCUT2D eigenvalue weighted by molar-refractivity contribution is -0.300. The molecule has 1 aliphatic carbocycles. The molecule has 2 bridgehead atoms. The largest absolute Gasteiger partial charge is 0.462 e. The van der Waals surface area contributed by atoms with Gasteiger partial charge in [-0.15, -0.1) is 0 Å². The van der Waals surface area contributed by atoms with Gasteiger partial charge in [-0.1, -0.05) is 18.2 Å². The minimum absolute atomic E-state index is 0.0349. The maximum absolute atomic E-state index is 13.5.